The van der Waals surface area contributed by atoms with Gasteiger partial charge < -0.3 is 14.3 Å². The van der Waals surface area contributed by atoms with E-state index >= 15 is 0 Å². The Hall–Kier alpha value is -2.57. The Bertz CT molecular complexity index is 966. The molecule has 1 amide bonds. The van der Waals surface area contributed by atoms with Crippen molar-refractivity contribution in [3.63, 3.8) is 0 Å². The van der Waals surface area contributed by atoms with E-state index < -0.39 is 5.25 Å². The number of furan rings is 1. The van der Waals surface area contributed by atoms with E-state index in [-0.39, 0.29) is 5.91 Å². The largest absolute Gasteiger partial charge is 0.469 e. The number of amides is 1. The van der Waals surface area contributed by atoms with Gasteiger partial charge in [-0.05, 0) is 38.3 Å². The van der Waals surface area contributed by atoms with E-state index in [0.29, 0.717) is 22.3 Å². The molecule has 0 radical (unpaired) electrons. The fraction of sp³-hybridized carbons (Fsp3) is 0.294. The molecule has 0 fully saturated rings. The molecule has 0 unspecified atom stereocenters. The van der Waals surface area contributed by atoms with Gasteiger partial charge in [0.2, 0.25) is 5.91 Å². The van der Waals surface area contributed by atoms with Gasteiger partial charge in [0.15, 0.2) is 11.0 Å². The number of nitriles is 1. The number of carbonyl (C=O) groups is 1. The standard InChI is InChI=1S/C17H17N5O2S2/c1-4-22-14(13-5-7-24-10(13)2)20-21-17(22)26-11(3)15(23)19-16-12(9-18)6-8-25-16/h5-8,11H,4H2,1-3H3,(H,19,23)/t11-/m0/s1. The van der Waals surface area contributed by atoms with E-state index in [4.69, 9.17) is 9.68 Å². The number of anilines is 1. The number of aryl methyl sites for hydroxylation is 1. The van der Waals surface area contributed by atoms with Crippen molar-refractivity contribution in [2.45, 2.75) is 37.7 Å². The number of hydrogen-bond donors (Lipinski definition) is 1. The number of nitrogens with zero attached hydrogens (tertiary/aromatic N) is 4. The molecule has 0 aliphatic heterocycles. The second-order valence-corrected chi connectivity index (χ2v) is 7.69. The molecule has 1 N–H and O–H groups in total. The topological polar surface area (TPSA) is 96.7 Å². The second-order valence-electron chi connectivity index (χ2n) is 5.47. The van der Waals surface area contributed by atoms with Crippen molar-refractivity contribution in [1.82, 2.24) is 14.8 Å². The Morgan fingerprint density at radius 3 is 2.96 bits per heavy atom. The molecule has 0 aliphatic carbocycles. The van der Waals surface area contributed by atoms with Gasteiger partial charge in [-0.1, -0.05) is 11.8 Å². The highest BCUT2D eigenvalue weighted by molar-refractivity contribution is 8.00. The average molecular weight is 387 g/mol. The van der Waals surface area contributed by atoms with Crippen LogP contribution in [0.4, 0.5) is 5.00 Å². The summed E-state index contributed by atoms with van der Waals surface area (Å²) in [7, 11) is 0. The van der Waals surface area contributed by atoms with E-state index in [1.165, 1.54) is 23.1 Å². The van der Waals surface area contributed by atoms with Gasteiger partial charge in [-0.15, -0.1) is 21.5 Å². The summed E-state index contributed by atoms with van der Waals surface area (Å²) >= 11 is 2.66. The van der Waals surface area contributed by atoms with E-state index in [1.807, 2.05) is 24.5 Å². The lowest BCUT2D eigenvalue weighted by Gasteiger charge is -2.12. The highest BCUT2D eigenvalue weighted by Crippen LogP contribution is 2.30. The summed E-state index contributed by atoms with van der Waals surface area (Å²) < 4.78 is 7.31. The minimum atomic E-state index is -0.392. The molecule has 0 spiro atoms. The number of thiophene rings is 1. The maximum Gasteiger partial charge on any atom is 0.238 e. The van der Waals surface area contributed by atoms with E-state index in [0.717, 1.165) is 17.1 Å². The Morgan fingerprint density at radius 2 is 2.31 bits per heavy atom. The average Bonchev–Trinajstić information content (AvgIpc) is 3.34. The molecular formula is C17H17N5O2S2. The molecule has 3 aromatic heterocycles. The number of nitrogens with one attached hydrogen (secondary N) is 1. The minimum Gasteiger partial charge on any atom is -0.469 e. The smallest absolute Gasteiger partial charge is 0.238 e. The van der Waals surface area contributed by atoms with Gasteiger partial charge in [-0.3, -0.25) is 4.79 Å². The summed E-state index contributed by atoms with van der Waals surface area (Å²) in [5.41, 5.74) is 1.36. The first-order valence-electron chi connectivity index (χ1n) is 7.98. The molecule has 134 valence electrons. The highest BCUT2D eigenvalue weighted by Gasteiger charge is 2.22. The van der Waals surface area contributed by atoms with Crippen molar-refractivity contribution in [2.75, 3.05) is 5.32 Å². The third-order valence-electron chi connectivity index (χ3n) is 3.81. The molecule has 3 heterocycles. The Morgan fingerprint density at radius 1 is 1.50 bits per heavy atom. The van der Waals surface area contributed by atoms with Crippen molar-refractivity contribution < 1.29 is 9.21 Å². The van der Waals surface area contributed by atoms with E-state index in [9.17, 15) is 4.79 Å². The molecule has 7 nitrogen and oxygen atoms in total. The van der Waals surface area contributed by atoms with Crippen molar-refractivity contribution in [1.29, 1.82) is 5.26 Å². The quantitative estimate of drug-likeness (QED) is 0.644. The molecule has 0 saturated heterocycles. The molecule has 9 heteroatoms. The number of thioether (sulfide) groups is 1. The zero-order chi connectivity index (χ0) is 18.7. The number of rotatable bonds is 6. The van der Waals surface area contributed by atoms with Crippen molar-refractivity contribution >= 4 is 34.0 Å². The van der Waals surface area contributed by atoms with Crippen LogP contribution in [0.2, 0.25) is 0 Å². The van der Waals surface area contributed by atoms with Crippen molar-refractivity contribution in [3.05, 3.63) is 35.1 Å². The van der Waals surface area contributed by atoms with E-state index in [1.54, 1.807) is 24.6 Å². The molecule has 3 rings (SSSR count). The SMILES string of the molecule is CCn1c(S[C@@H](C)C(=O)Nc2sccc2C#N)nnc1-c1ccoc1C. The fourth-order valence-corrected chi connectivity index (χ4v) is 4.05. The van der Waals surface area contributed by atoms with Crippen LogP contribution in [0.1, 0.15) is 25.2 Å². The predicted octanol–water partition coefficient (Wildman–Crippen LogP) is 3.92. The zero-order valence-electron chi connectivity index (χ0n) is 14.5. The van der Waals surface area contributed by atoms with Crippen LogP contribution in [0.5, 0.6) is 0 Å². The number of hydrogen-bond acceptors (Lipinski definition) is 7. The maximum atomic E-state index is 12.5. The van der Waals surface area contributed by atoms with Crippen LogP contribution in [-0.2, 0) is 11.3 Å². The molecule has 0 bridgehead atoms. The van der Waals surface area contributed by atoms with Crippen molar-refractivity contribution in [3.8, 4) is 17.5 Å². The molecule has 26 heavy (non-hydrogen) atoms. The van der Waals surface area contributed by atoms with Gasteiger partial charge in [0, 0.05) is 6.54 Å². The van der Waals surface area contributed by atoms with Gasteiger partial charge in [-0.2, -0.15) is 5.26 Å². The minimum absolute atomic E-state index is 0.180. The summed E-state index contributed by atoms with van der Waals surface area (Å²) in [6.45, 7) is 6.35. The summed E-state index contributed by atoms with van der Waals surface area (Å²) in [4.78, 5) is 12.5. The van der Waals surface area contributed by atoms with Gasteiger partial charge in [0.25, 0.3) is 0 Å². The summed E-state index contributed by atoms with van der Waals surface area (Å²) in [5.74, 6) is 1.32. The van der Waals surface area contributed by atoms with Crippen LogP contribution >= 0.6 is 23.1 Å². The monoisotopic (exact) mass is 387 g/mol. The molecule has 1 atom stereocenters. The van der Waals surface area contributed by atoms with Crippen LogP contribution < -0.4 is 5.32 Å². The Balaban J connectivity index is 1.76. The van der Waals surface area contributed by atoms with Crippen LogP contribution in [0.3, 0.4) is 0 Å². The normalized spacial score (nSPS) is 11.9. The third kappa shape index (κ3) is 3.52. The molecule has 0 aliphatic rings. The van der Waals surface area contributed by atoms with Gasteiger partial charge in [0.05, 0.1) is 22.6 Å². The Kier molecular flexibility index (Phi) is 5.44. The number of aromatic nitrogens is 3. The first-order chi connectivity index (χ1) is 12.5. The number of carbonyl (C=O) groups excluding carboxylic acids is 1. The first-order valence-corrected chi connectivity index (χ1v) is 9.73. The maximum absolute atomic E-state index is 12.5. The molecule has 0 saturated carbocycles. The summed E-state index contributed by atoms with van der Waals surface area (Å²) in [6.07, 6.45) is 1.62. The van der Waals surface area contributed by atoms with Crippen LogP contribution in [-0.4, -0.2) is 25.9 Å². The van der Waals surface area contributed by atoms with Gasteiger partial charge in [-0.25, -0.2) is 0 Å². The second kappa shape index (κ2) is 7.76. The summed E-state index contributed by atoms with van der Waals surface area (Å²) in [6, 6.07) is 5.61. The lowest BCUT2D eigenvalue weighted by Crippen LogP contribution is -2.22. The van der Waals surface area contributed by atoms with E-state index in [2.05, 4.69) is 21.6 Å². The third-order valence-corrected chi connectivity index (χ3v) is 5.72. The van der Waals surface area contributed by atoms with Crippen LogP contribution in [0.15, 0.2) is 33.3 Å². The fourth-order valence-electron chi connectivity index (χ4n) is 2.40. The molecule has 0 aromatic carbocycles. The lowest BCUT2D eigenvalue weighted by molar-refractivity contribution is -0.115. The molecule has 3 aromatic rings. The van der Waals surface area contributed by atoms with Crippen LogP contribution in [0, 0.1) is 18.3 Å². The summed E-state index contributed by atoms with van der Waals surface area (Å²) in [5, 5.41) is 23.0. The first kappa shape index (κ1) is 18.2. The van der Waals surface area contributed by atoms with Crippen molar-refractivity contribution in [2.24, 2.45) is 0 Å². The Labute approximate surface area is 159 Å². The lowest BCUT2D eigenvalue weighted by atomic mass is 10.2. The zero-order valence-corrected chi connectivity index (χ0v) is 16.1. The highest BCUT2D eigenvalue weighted by atomic mass is 32.2. The van der Waals surface area contributed by atoms with Gasteiger partial charge in [0.1, 0.15) is 16.8 Å². The molecular weight excluding hydrogens is 370 g/mol. The van der Waals surface area contributed by atoms with Crippen LogP contribution in [0.25, 0.3) is 11.4 Å². The predicted molar refractivity (Wildman–Crippen MR) is 101 cm³/mol. The van der Waals surface area contributed by atoms with Gasteiger partial charge >= 0.3 is 0 Å².